The summed E-state index contributed by atoms with van der Waals surface area (Å²) in [5, 5.41) is 0. The van der Waals surface area contributed by atoms with Gasteiger partial charge in [0.25, 0.3) is 0 Å². The highest BCUT2D eigenvalue weighted by Gasteiger charge is 2.24. The van der Waals surface area contributed by atoms with Gasteiger partial charge in [-0.1, -0.05) is 19.3 Å². The highest BCUT2D eigenvalue weighted by atomic mass is 16.5. The Kier molecular flexibility index (Phi) is 6.01. The number of rotatable bonds is 4. The van der Waals surface area contributed by atoms with Gasteiger partial charge in [0.05, 0.1) is 20.3 Å². The molecule has 0 radical (unpaired) electrons. The lowest BCUT2D eigenvalue weighted by Gasteiger charge is -2.14. The maximum atomic E-state index is 11.4. The van der Waals surface area contributed by atoms with Crippen LogP contribution >= 0.6 is 0 Å². The molecular formula is C13H18NO4+. The first-order valence-electron chi connectivity index (χ1n) is 6.01. The van der Waals surface area contributed by atoms with E-state index in [1.165, 1.54) is 20.6 Å². The summed E-state index contributed by atoms with van der Waals surface area (Å²) in [7, 11) is 2.49. The van der Waals surface area contributed by atoms with Crippen molar-refractivity contribution in [1.82, 2.24) is 0 Å². The Hall–Kier alpha value is -1.74. The van der Waals surface area contributed by atoms with Crippen LogP contribution in [0.3, 0.4) is 0 Å². The molecule has 0 N–H and O–H groups in total. The number of hydrogen-bond acceptors (Lipinski definition) is 5. The Morgan fingerprint density at radius 3 is 2.39 bits per heavy atom. The molecular weight excluding hydrogens is 234 g/mol. The predicted octanol–water partition coefficient (Wildman–Crippen LogP) is 1.54. The minimum Gasteiger partial charge on any atom is -0.456 e. The van der Waals surface area contributed by atoms with Crippen LogP contribution in [-0.2, 0) is 19.1 Å². The van der Waals surface area contributed by atoms with E-state index < -0.39 is 11.9 Å². The summed E-state index contributed by atoms with van der Waals surface area (Å²) >= 11 is 0. The van der Waals surface area contributed by atoms with Crippen molar-refractivity contribution in [1.29, 1.82) is 0 Å². The van der Waals surface area contributed by atoms with Gasteiger partial charge < -0.3 is 9.47 Å². The lowest BCUT2D eigenvalue weighted by Crippen LogP contribution is -2.13. The van der Waals surface area contributed by atoms with Crippen LogP contribution < -0.4 is 0 Å². The molecule has 5 nitrogen and oxygen atoms in total. The number of esters is 2. The number of aliphatic imine (C=N–C) groups is 1. The second-order valence-corrected chi connectivity index (χ2v) is 4.11. The van der Waals surface area contributed by atoms with Crippen molar-refractivity contribution in [2.75, 3.05) is 14.2 Å². The van der Waals surface area contributed by atoms with Gasteiger partial charge in [-0.25, -0.2) is 4.79 Å². The summed E-state index contributed by atoms with van der Waals surface area (Å²) in [5.41, 5.74) is -0.00470. The summed E-state index contributed by atoms with van der Waals surface area (Å²) in [6, 6.07) is 0.185. The van der Waals surface area contributed by atoms with Gasteiger partial charge in [-0.15, -0.1) is 0 Å². The Balaban J connectivity index is 2.71. The number of hydrogen-bond donors (Lipinski definition) is 0. The molecule has 0 bridgehead atoms. The van der Waals surface area contributed by atoms with Crippen LogP contribution in [0.25, 0.3) is 0 Å². The highest BCUT2D eigenvalue weighted by molar-refractivity contribution is 6.13. The topological polar surface area (TPSA) is 65.0 Å². The quantitative estimate of drug-likeness (QED) is 0.329. The van der Waals surface area contributed by atoms with E-state index in [1.54, 1.807) is 0 Å². The Bertz CT molecular complexity index is 354. The van der Waals surface area contributed by atoms with Crippen LogP contribution in [0.2, 0.25) is 0 Å². The lowest BCUT2D eigenvalue weighted by atomic mass is 9.96. The van der Waals surface area contributed by atoms with Gasteiger partial charge >= 0.3 is 17.5 Å². The molecule has 0 aliphatic heterocycles. The first-order chi connectivity index (χ1) is 8.67. The largest absolute Gasteiger partial charge is 0.461 e. The minimum atomic E-state index is -0.639. The van der Waals surface area contributed by atoms with Crippen LogP contribution in [0.5, 0.6) is 0 Å². The molecule has 1 fully saturated rings. The fourth-order valence-electron chi connectivity index (χ4n) is 1.79. The third-order valence-electron chi connectivity index (χ3n) is 2.81. The molecule has 1 aliphatic carbocycles. The molecule has 18 heavy (non-hydrogen) atoms. The van der Waals surface area contributed by atoms with Crippen LogP contribution in [0.1, 0.15) is 32.1 Å². The number of ether oxygens (including phenoxy) is 2. The molecule has 98 valence electrons. The molecule has 0 saturated heterocycles. The Labute approximate surface area is 107 Å². The van der Waals surface area contributed by atoms with Crippen LogP contribution in [0, 0.1) is 0 Å². The van der Waals surface area contributed by atoms with Crippen LogP contribution in [-0.4, -0.2) is 38.4 Å². The second kappa shape index (κ2) is 7.56. The van der Waals surface area contributed by atoms with E-state index in [1.807, 2.05) is 0 Å². The van der Waals surface area contributed by atoms with Crippen LogP contribution in [0.15, 0.2) is 16.6 Å². The zero-order chi connectivity index (χ0) is 13.4. The molecule has 0 spiro atoms. The molecule has 1 rings (SSSR count). The molecule has 0 aromatic carbocycles. The van der Waals surface area contributed by atoms with Crippen molar-refractivity contribution in [2.24, 2.45) is 4.99 Å². The monoisotopic (exact) mass is 252 g/mol. The van der Waals surface area contributed by atoms with Crippen molar-refractivity contribution in [3.05, 3.63) is 11.6 Å². The molecule has 0 aromatic heterocycles. The fraction of sp³-hybridized carbons (Fsp3) is 0.615. The molecule has 0 amide bonds. The van der Waals surface area contributed by atoms with Crippen molar-refractivity contribution in [3.63, 3.8) is 0 Å². The van der Waals surface area contributed by atoms with Crippen molar-refractivity contribution >= 4 is 18.2 Å². The van der Waals surface area contributed by atoms with E-state index in [2.05, 4.69) is 20.7 Å². The summed E-state index contributed by atoms with van der Waals surface area (Å²) in [6.07, 6.45) is 9.17. The SMILES string of the molecule is COC(=O)/C=C(/[C+]=NC1CCCCC1)C(=O)OC. The maximum Gasteiger partial charge on any atom is 0.461 e. The second-order valence-electron chi connectivity index (χ2n) is 4.11. The summed E-state index contributed by atoms with van der Waals surface area (Å²) in [4.78, 5) is 26.7. The summed E-state index contributed by atoms with van der Waals surface area (Å²) < 4.78 is 9.02. The Morgan fingerprint density at radius 1 is 1.17 bits per heavy atom. The third kappa shape index (κ3) is 4.63. The van der Waals surface area contributed by atoms with E-state index in [-0.39, 0.29) is 11.6 Å². The van der Waals surface area contributed by atoms with Gasteiger partial charge in [0.2, 0.25) is 0 Å². The van der Waals surface area contributed by atoms with E-state index in [0.717, 1.165) is 31.8 Å². The molecule has 0 atom stereocenters. The minimum absolute atomic E-state index is 0.00470. The Morgan fingerprint density at radius 2 is 1.83 bits per heavy atom. The summed E-state index contributed by atoms with van der Waals surface area (Å²) in [5.74, 6) is -1.26. The highest BCUT2D eigenvalue weighted by Crippen LogP contribution is 2.20. The molecule has 5 heteroatoms. The standard InChI is InChI=1S/C13H18NO4/c1-17-12(15)8-10(13(16)18-2)9-14-11-6-4-3-5-7-11/h8,11H,3-7H2,1-2H3/q+1/b10-8-. The molecule has 0 aromatic rings. The zero-order valence-electron chi connectivity index (χ0n) is 10.8. The number of carbonyl (C=O) groups excluding carboxylic acids is 2. The van der Waals surface area contributed by atoms with Gasteiger partial charge in [0.15, 0.2) is 12.3 Å². The average Bonchev–Trinajstić information content (AvgIpc) is 2.43. The number of carbonyl (C=O) groups is 2. The number of methoxy groups -OCH3 is 2. The van der Waals surface area contributed by atoms with Crippen molar-refractivity contribution in [2.45, 2.75) is 38.1 Å². The summed E-state index contributed by atoms with van der Waals surface area (Å²) in [6.45, 7) is 0. The van der Waals surface area contributed by atoms with E-state index in [4.69, 9.17) is 0 Å². The van der Waals surface area contributed by atoms with Crippen LogP contribution in [0.4, 0.5) is 0 Å². The average molecular weight is 252 g/mol. The first kappa shape index (κ1) is 14.3. The molecule has 0 heterocycles. The molecule has 0 unspecified atom stereocenters. The molecule has 1 saturated carbocycles. The lowest BCUT2D eigenvalue weighted by molar-refractivity contribution is -0.138. The first-order valence-corrected chi connectivity index (χ1v) is 6.01. The van der Waals surface area contributed by atoms with Gasteiger partial charge in [-0.2, -0.15) is 9.79 Å². The maximum absolute atomic E-state index is 11.4. The fourth-order valence-corrected chi connectivity index (χ4v) is 1.79. The smallest absolute Gasteiger partial charge is 0.456 e. The predicted molar refractivity (Wildman–Crippen MR) is 66.4 cm³/mol. The zero-order valence-corrected chi connectivity index (χ0v) is 10.8. The normalized spacial score (nSPS) is 17.3. The van der Waals surface area contributed by atoms with Gasteiger partial charge in [0.1, 0.15) is 0 Å². The van der Waals surface area contributed by atoms with E-state index in [0.29, 0.717) is 0 Å². The van der Waals surface area contributed by atoms with Gasteiger partial charge in [-0.05, 0) is 12.8 Å². The van der Waals surface area contributed by atoms with E-state index in [9.17, 15) is 9.59 Å². The van der Waals surface area contributed by atoms with Crippen molar-refractivity contribution < 1.29 is 19.1 Å². The van der Waals surface area contributed by atoms with Gasteiger partial charge in [-0.3, -0.25) is 0 Å². The third-order valence-corrected chi connectivity index (χ3v) is 2.81. The number of nitrogens with zero attached hydrogens (tertiary/aromatic N) is 1. The molecule has 1 aliphatic rings. The van der Waals surface area contributed by atoms with Crippen molar-refractivity contribution in [3.8, 4) is 0 Å². The van der Waals surface area contributed by atoms with E-state index >= 15 is 0 Å². The van der Waals surface area contributed by atoms with Gasteiger partial charge in [0, 0.05) is 0 Å².